The number of hydrogen-bond acceptors (Lipinski definition) is 2. The molecule has 2 aromatic carbocycles. The van der Waals surface area contributed by atoms with Gasteiger partial charge in [0.15, 0.2) is 0 Å². The molecule has 3 nitrogen and oxygen atoms in total. The van der Waals surface area contributed by atoms with Crippen LogP contribution in [0.2, 0.25) is 5.02 Å². The van der Waals surface area contributed by atoms with Crippen LogP contribution in [0.15, 0.2) is 42.5 Å². The Morgan fingerprint density at radius 2 is 1.84 bits per heavy atom. The molecule has 0 bridgehead atoms. The molecule has 0 saturated carbocycles. The first-order valence-corrected chi connectivity index (χ1v) is 11.2. The van der Waals surface area contributed by atoms with Crippen molar-refractivity contribution >= 4 is 17.5 Å². The molecule has 4 rings (SSSR count). The Kier molecular flexibility index (Phi) is 6.58. The maximum atomic E-state index is 13.0. The van der Waals surface area contributed by atoms with Crippen molar-refractivity contribution in [2.75, 3.05) is 6.54 Å². The minimum atomic E-state index is -4.53. The van der Waals surface area contributed by atoms with Crippen LogP contribution < -0.4 is 5.32 Å². The molecule has 2 atom stereocenters. The van der Waals surface area contributed by atoms with Crippen molar-refractivity contribution in [2.45, 2.75) is 63.3 Å². The van der Waals surface area contributed by atoms with Crippen molar-refractivity contribution in [3.8, 4) is 0 Å². The highest BCUT2D eigenvalue weighted by Gasteiger charge is 2.34. The van der Waals surface area contributed by atoms with Gasteiger partial charge >= 0.3 is 6.18 Å². The van der Waals surface area contributed by atoms with Crippen molar-refractivity contribution in [3.63, 3.8) is 0 Å². The van der Waals surface area contributed by atoms with Crippen molar-refractivity contribution in [1.29, 1.82) is 0 Å². The summed E-state index contributed by atoms with van der Waals surface area (Å²) in [6.45, 7) is 1.34. The molecule has 2 aliphatic rings. The second-order valence-corrected chi connectivity index (χ2v) is 8.82. The fourth-order valence-electron chi connectivity index (χ4n) is 4.96. The van der Waals surface area contributed by atoms with Crippen molar-refractivity contribution in [3.05, 3.63) is 69.7 Å². The summed E-state index contributed by atoms with van der Waals surface area (Å²) >= 11 is 6.02. The summed E-state index contributed by atoms with van der Waals surface area (Å²) in [6.07, 6.45) is 2.71. The number of carbonyl (C=O) groups is 1. The quantitative estimate of drug-likeness (QED) is 0.587. The molecule has 2 fully saturated rings. The van der Waals surface area contributed by atoms with Crippen molar-refractivity contribution < 1.29 is 18.0 Å². The van der Waals surface area contributed by atoms with Crippen LogP contribution in [0, 0.1) is 0 Å². The summed E-state index contributed by atoms with van der Waals surface area (Å²) in [7, 11) is 0. The van der Waals surface area contributed by atoms with Crippen LogP contribution in [0.5, 0.6) is 0 Å². The molecule has 0 spiro atoms. The zero-order chi connectivity index (χ0) is 22.0. The molecular formula is C24H26ClF3N2O. The van der Waals surface area contributed by atoms with E-state index in [1.165, 1.54) is 37.7 Å². The normalized spacial score (nSPS) is 22.1. The molecule has 2 unspecified atom stereocenters. The van der Waals surface area contributed by atoms with Gasteiger partial charge in [0, 0.05) is 18.6 Å². The molecule has 1 amide bonds. The van der Waals surface area contributed by atoms with E-state index in [0.29, 0.717) is 12.1 Å². The minimum absolute atomic E-state index is 0.00206. The Morgan fingerprint density at radius 1 is 1.06 bits per heavy atom. The number of hydrogen-bond donors (Lipinski definition) is 1. The van der Waals surface area contributed by atoms with Crippen LogP contribution in [0.1, 0.15) is 71.6 Å². The van der Waals surface area contributed by atoms with Gasteiger partial charge in [-0.2, -0.15) is 13.2 Å². The van der Waals surface area contributed by atoms with E-state index in [2.05, 4.69) is 16.3 Å². The van der Waals surface area contributed by atoms with E-state index in [-0.39, 0.29) is 17.1 Å². The van der Waals surface area contributed by atoms with Crippen LogP contribution >= 0.6 is 11.6 Å². The molecule has 31 heavy (non-hydrogen) atoms. The Morgan fingerprint density at radius 3 is 2.65 bits per heavy atom. The van der Waals surface area contributed by atoms with Crippen LogP contribution in [-0.4, -0.2) is 23.4 Å². The predicted octanol–water partition coefficient (Wildman–Crippen LogP) is 6.37. The lowest BCUT2D eigenvalue weighted by Crippen LogP contribution is -2.45. The monoisotopic (exact) mass is 450 g/mol. The first kappa shape index (κ1) is 22.2. The lowest BCUT2D eigenvalue weighted by atomic mass is 9.84. The number of carbonyl (C=O) groups excluding carboxylic acids is 1. The van der Waals surface area contributed by atoms with Gasteiger partial charge in [0.05, 0.1) is 16.1 Å². The topological polar surface area (TPSA) is 32.3 Å². The summed E-state index contributed by atoms with van der Waals surface area (Å²) in [5.41, 5.74) is 1.14. The molecule has 7 heteroatoms. The van der Waals surface area contributed by atoms with Crippen molar-refractivity contribution in [2.24, 2.45) is 0 Å². The molecule has 2 saturated heterocycles. The highest BCUT2D eigenvalue weighted by atomic mass is 35.5. The molecule has 2 aromatic rings. The third-order valence-electron chi connectivity index (χ3n) is 6.48. The van der Waals surface area contributed by atoms with Crippen LogP contribution in [-0.2, 0) is 12.7 Å². The first-order chi connectivity index (χ1) is 14.8. The zero-order valence-electron chi connectivity index (χ0n) is 17.2. The van der Waals surface area contributed by atoms with Crippen LogP contribution in [0.25, 0.3) is 0 Å². The molecule has 2 heterocycles. The van der Waals surface area contributed by atoms with E-state index < -0.39 is 17.6 Å². The molecule has 0 radical (unpaired) electrons. The number of fused-ring (bicyclic) bond motifs is 1. The van der Waals surface area contributed by atoms with Gasteiger partial charge in [-0.05, 0) is 68.0 Å². The van der Waals surface area contributed by atoms with E-state index in [1.807, 2.05) is 18.2 Å². The number of amides is 1. The van der Waals surface area contributed by atoms with Crippen LogP contribution in [0.4, 0.5) is 13.2 Å². The van der Waals surface area contributed by atoms with E-state index >= 15 is 0 Å². The Balaban J connectivity index is 1.52. The first-order valence-electron chi connectivity index (χ1n) is 10.8. The summed E-state index contributed by atoms with van der Waals surface area (Å²) in [4.78, 5) is 15.3. The lowest BCUT2D eigenvalue weighted by molar-refractivity contribution is -0.137. The maximum Gasteiger partial charge on any atom is 0.416 e. The van der Waals surface area contributed by atoms with E-state index in [0.717, 1.165) is 36.7 Å². The summed E-state index contributed by atoms with van der Waals surface area (Å²) in [6, 6.07) is 11.8. The lowest BCUT2D eigenvalue weighted by Gasteiger charge is -2.45. The summed E-state index contributed by atoms with van der Waals surface area (Å²) in [5, 5.41) is 2.78. The van der Waals surface area contributed by atoms with Gasteiger partial charge in [-0.15, -0.1) is 0 Å². The molecule has 0 aliphatic carbocycles. The third-order valence-corrected chi connectivity index (χ3v) is 6.81. The van der Waals surface area contributed by atoms with Gasteiger partial charge in [0.25, 0.3) is 5.91 Å². The molecule has 0 aromatic heterocycles. The fourth-order valence-corrected chi connectivity index (χ4v) is 5.16. The van der Waals surface area contributed by atoms with Gasteiger partial charge in [0.1, 0.15) is 0 Å². The van der Waals surface area contributed by atoms with Crippen LogP contribution in [0.3, 0.4) is 0 Å². The zero-order valence-corrected chi connectivity index (χ0v) is 18.0. The van der Waals surface area contributed by atoms with Gasteiger partial charge in [0.2, 0.25) is 0 Å². The number of halogens is 4. The number of alkyl halides is 3. The number of rotatable bonds is 4. The number of nitrogens with zero attached hydrogens (tertiary/aromatic N) is 1. The Hall–Kier alpha value is -2.05. The molecule has 2 aliphatic heterocycles. The van der Waals surface area contributed by atoms with E-state index in [4.69, 9.17) is 11.6 Å². The highest BCUT2D eigenvalue weighted by Crippen LogP contribution is 2.39. The van der Waals surface area contributed by atoms with Gasteiger partial charge in [-0.3, -0.25) is 9.69 Å². The standard InChI is InChI=1S/C24H26ClF3N2O/c25-21-12-11-17(24(26,27)28)14-20(21)23(31)29-15-16-6-1-2-9-19(16)22-10-5-8-18-7-3-4-13-30(18)22/h1-2,6,9,11-12,14,18,22H,3-5,7-8,10,13,15H2,(H,29,31). The number of nitrogens with one attached hydrogen (secondary N) is 1. The Bertz CT molecular complexity index is 945. The predicted molar refractivity (Wildman–Crippen MR) is 115 cm³/mol. The van der Waals surface area contributed by atoms with Gasteiger partial charge < -0.3 is 5.32 Å². The van der Waals surface area contributed by atoms with Gasteiger partial charge in [-0.25, -0.2) is 0 Å². The summed E-state index contributed by atoms with van der Waals surface area (Å²) < 4.78 is 39.1. The van der Waals surface area contributed by atoms with E-state index in [9.17, 15) is 18.0 Å². The third kappa shape index (κ3) is 4.90. The number of piperidine rings is 2. The molecule has 1 N–H and O–H groups in total. The molecular weight excluding hydrogens is 425 g/mol. The average Bonchev–Trinajstić information content (AvgIpc) is 2.77. The SMILES string of the molecule is O=C(NCc1ccccc1C1CCCC2CCCCN21)c1cc(C(F)(F)F)ccc1Cl. The number of benzene rings is 2. The minimum Gasteiger partial charge on any atom is -0.348 e. The van der Waals surface area contributed by atoms with Gasteiger partial charge in [-0.1, -0.05) is 42.3 Å². The fraction of sp³-hybridized carbons (Fsp3) is 0.458. The van der Waals surface area contributed by atoms with Crippen molar-refractivity contribution in [1.82, 2.24) is 10.2 Å². The molecule has 166 valence electrons. The highest BCUT2D eigenvalue weighted by molar-refractivity contribution is 6.33. The average molecular weight is 451 g/mol. The maximum absolute atomic E-state index is 13.0. The largest absolute Gasteiger partial charge is 0.416 e. The van der Waals surface area contributed by atoms with E-state index in [1.54, 1.807) is 0 Å². The smallest absolute Gasteiger partial charge is 0.348 e. The second kappa shape index (κ2) is 9.21. The Labute approximate surface area is 185 Å². The second-order valence-electron chi connectivity index (χ2n) is 8.41. The summed E-state index contributed by atoms with van der Waals surface area (Å²) in [5.74, 6) is -0.606.